The first kappa shape index (κ1) is 36.5. The lowest BCUT2D eigenvalue weighted by atomic mass is 9.82. The van der Waals surface area contributed by atoms with E-state index in [0.29, 0.717) is 54.0 Å². The normalized spacial score (nSPS) is 23.3. The number of fused-ring (bicyclic) bond motifs is 2. The summed E-state index contributed by atoms with van der Waals surface area (Å²) in [6, 6.07) is 9.85. The summed E-state index contributed by atoms with van der Waals surface area (Å²) < 4.78 is 48.2. The van der Waals surface area contributed by atoms with Gasteiger partial charge in [-0.15, -0.1) is 0 Å². The van der Waals surface area contributed by atoms with Crippen molar-refractivity contribution in [3.63, 3.8) is 0 Å². The minimum absolute atomic E-state index is 0.105. The molecule has 252 valence electrons. The molecular weight excluding hydrogens is 827 g/mol. The third kappa shape index (κ3) is 6.02. The van der Waals surface area contributed by atoms with Crippen LogP contribution >= 0.6 is 53.2 Å². The van der Waals surface area contributed by atoms with Gasteiger partial charge in [0.1, 0.15) is 9.49 Å². The molecule has 2 aromatic carbocycles. The molecule has 3 aliphatic carbocycles. The van der Waals surface area contributed by atoms with Crippen molar-refractivity contribution in [2.45, 2.75) is 51.0 Å². The molecule has 0 heterocycles. The zero-order valence-corrected chi connectivity index (χ0v) is 32.9. The topological polar surface area (TPSA) is 126 Å². The van der Waals surface area contributed by atoms with Crippen molar-refractivity contribution in [3.8, 4) is 0 Å². The molecule has 0 bridgehead atoms. The zero-order valence-electron chi connectivity index (χ0n) is 26.6. The van der Waals surface area contributed by atoms with Crippen molar-refractivity contribution in [3.05, 3.63) is 126 Å². The molecule has 8 nitrogen and oxygen atoms in total. The van der Waals surface area contributed by atoms with Crippen molar-refractivity contribution < 1.29 is 26.4 Å². The summed E-state index contributed by atoms with van der Waals surface area (Å²) in [7, 11) is 3.59. The van der Waals surface area contributed by atoms with Crippen LogP contribution in [-0.2, 0) is 18.1 Å². The number of nitrogens with one attached hydrogen (secondary N) is 2. The third-order valence-electron chi connectivity index (χ3n) is 9.11. The summed E-state index contributed by atoms with van der Waals surface area (Å²) in [6.07, 6.45) is 6.38. The van der Waals surface area contributed by atoms with Crippen LogP contribution in [0.1, 0.15) is 73.4 Å². The summed E-state index contributed by atoms with van der Waals surface area (Å²) in [5.74, 6) is -0.785. The summed E-state index contributed by atoms with van der Waals surface area (Å²) in [5.41, 5.74) is 4.51. The number of ketones is 2. The summed E-state index contributed by atoms with van der Waals surface area (Å²) in [6.45, 7) is 9.91. The van der Waals surface area contributed by atoms with Crippen molar-refractivity contribution >= 4 is 94.3 Å². The highest BCUT2D eigenvalue weighted by atomic mass is 79.9. The fourth-order valence-electron chi connectivity index (χ4n) is 5.86. The SMILES string of the molecule is CC1=CC(C)=C(Nc2ccc(NC3=C(C)C=C(C)C(C)(S(=O)(=O)Cl)C=C3Br)c3c2C(=O)c2ccccc2C3=O)C(Br)=CC1(C)S(=O)(=O)Cl. The monoisotopic (exact) mass is 854 g/mol. The first-order chi connectivity index (χ1) is 22.1. The quantitative estimate of drug-likeness (QED) is 0.236. The van der Waals surface area contributed by atoms with Gasteiger partial charge >= 0.3 is 0 Å². The second-order valence-corrected chi connectivity index (χ2v) is 19.8. The molecule has 0 saturated carbocycles. The van der Waals surface area contributed by atoms with Gasteiger partial charge in [-0.25, -0.2) is 16.8 Å². The lowest BCUT2D eigenvalue weighted by Crippen LogP contribution is -2.31. The van der Waals surface area contributed by atoms with Gasteiger partial charge in [0.2, 0.25) is 18.1 Å². The Morgan fingerprint density at radius 1 is 0.625 bits per heavy atom. The van der Waals surface area contributed by atoms with Crippen LogP contribution in [0.2, 0.25) is 0 Å². The zero-order chi connectivity index (χ0) is 35.7. The molecule has 2 N–H and O–H groups in total. The first-order valence-corrected chi connectivity index (χ1v) is 20.7. The van der Waals surface area contributed by atoms with Crippen LogP contribution < -0.4 is 10.6 Å². The highest BCUT2D eigenvalue weighted by molar-refractivity contribution is 9.12. The molecule has 3 aliphatic rings. The van der Waals surface area contributed by atoms with E-state index in [-0.39, 0.29) is 22.3 Å². The van der Waals surface area contributed by atoms with Gasteiger partial charge < -0.3 is 10.6 Å². The molecule has 14 heteroatoms. The van der Waals surface area contributed by atoms with Crippen molar-refractivity contribution in [1.82, 2.24) is 0 Å². The Kier molecular flexibility index (Phi) is 9.55. The molecule has 0 aliphatic heterocycles. The van der Waals surface area contributed by atoms with Crippen LogP contribution in [0, 0.1) is 0 Å². The van der Waals surface area contributed by atoms with E-state index in [1.54, 1.807) is 76.2 Å². The number of halogens is 4. The lowest BCUT2D eigenvalue weighted by molar-refractivity contribution is 0.0980. The van der Waals surface area contributed by atoms with Gasteiger partial charge in [-0.2, -0.15) is 0 Å². The van der Waals surface area contributed by atoms with Crippen LogP contribution in [0.3, 0.4) is 0 Å². The summed E-state index contributed by atoms with van der Waals surface area (Å²) in [5, 5.41) is 6.58. The molecule has 0 fully saturated rings. The van der Waals surface area contributed by atoms with Gasteiger partial charge in [-0.3, -0.25) is 9.59 Å². The molecule has 0 aromatic heterocycles. The maximum absolute atomic E-state index is 14.2. The van der Waals surface area contributed by atoms with E-state index >= 15 is 0 Å². The van der Waals surface area contributed by atoms with Crippen molar-refractivity contribution in [2.75, 3.05) is 10.6 Å². The largest absolute Gasteiger partial charge is 0.354 e. The number of hydrogen-bond donors (Lipinski definition) is 2. The maximum Gasteiger partial charge on any atom is 0.245 e. The maximum atomic E-state index is 14.2. The van der Waals surface area contributed by atoms with E-state index in [0.717, 1.165) is 0 Å². The van der Waals surface area contributed by atoms with Gasteiger partial charge in [0.25, 0.3) is 0 Å². The third-order valence-corrected chi connectivity index (χ3v) is 15.2. The lowest BCUT2D eigenvalue weighted by Gasteiger charge is -2.26. The Hall–Kier alpha value is -2.74. The van der Waals surface area contributed by atoms with E-state index in [1.807, 2.05) is 0 Å². The molecule has 2 atom stereocenters. The number of carbonyl (C=O) groups excluding carboxylic acids is 2. The highest BCUT2D eigenvalue weighted by Gasteiger charge is 2.41. The molecule has 2 unspecified atom stereocenters. The van der Waals surface area contributed by atoms with E-state index in [4.69, 9.17) is 21.4 Å². The van der Waals surface area contributed by atoms with Crippen molar-refractivity contribution in [1.29, 1.82) is 0 Å². The number of benzene rings is 2. The van der Waals surface area contributed by atoms with Crippen LogP contribution in [0.25, 0.3) is 0 Å². The Labute approximate surface area is 305 Å². The van der Waals surface area contributed by atoms with Gasteiger partial charge in [0.15, 0.2) is 11.6 Å². The van der Waals surface area contributed by atoms with Gasteiger partial charge in [0, 0.05) is 41.5 Å². The van der Waals surface area contributed by atoms with Gasteiger partial charge in [-0.1, -0.05) is 36.4 Å². The molecule has 0 saturated heterocycles. The molecule has 2 aromatic rings. The summed E-state index contributed by atoms with van der Waals surface area (Å²) >= 11 is 7.04. The Balaban J connectivity index is 1.70. The average Bonchev–Trinajstić information content (AvgIpc) is 3.12. The number of hydrogen-bond acceptors (Lipinski definition) is 8. The van der Waals surface area contributed by atoms with Crippen LogP contribution in [0.4, 0.5) is 11.4 Å². The smallest absolute Gasteiger partial charge is 0.245 e. The molecule has 5 rings (SSSR count). The second kappa shape index (κ2) is 12.5. The Bertz CT molecular complexity index is 2110. The van der Waals surface area contributed by atoms with E-state index in [2.05, 4.69) is 42.5 Å². The van der Waals surface area contributed by atoms with E-state index < -0.39 is 39.2 Å². The fraction of sp³-hybridized carbons (Fsp3) is 0.235. The van der Waals surface area contributed by atoms with Crippen LogP contribution in [0.15, 0.2) is 103 Å². The highest BCUT2D eigenvalue weighted by Crippen LogP contribution is 2.44. The minimum atomic E-state index is -4.09. The predicted octanol–water partition coefficient (Wildman–Crippen LogP) is 8.97. The minimum Gasteiger partial charge on any atom is -0.354 e. The fourth-order valence-corrected chi connectivity index (χ4v) is 10.3. The number of carbonyl (C=O) groups is 2. The van der Waals surface area contributed by atoms with Crippen LogP contribution in [0.5, 0.6) is 0 Å². The standard InChI is InChI=1S/C34H30Br2Cl2N2O6S2/c1-17-13-19(3)33(5,47(37,43)44)15-23(35)29(17)39-25-11-12-26(28-27(25)31(41)21-9-7-8-10-22(21)32(28)42)40-30-18(2)14-20(4)34(6,16-24(30)36)48(38,45)46/h7-16,39-40H,1-6H3. The second-order valence-electron chi connectivity index (χ2n) is 12.2. The summed E-state index contributed by atoms with van der Waals surface area (Å²) in [4.78, 5) is 28.4. The van der Waals surface area contributed by atoms with Crippen molar-refractivity contribution in [2.24, 2.45) is 0 Å². The van der Waals surface area contributed by atoms with Crippen LogP contribution in [-0.4, -0.2) is 37.9 Å². The predicted molar refractivity (Wildman–Crippen MR) is 200 cm³/mol. The molecule has 0 spiro atoms. The number of anilines is 2. The Morgan fingerprint density at radius 2 is 0.958 bits per heavy atom. The molecule has 48 heavy (non-hydrogen) atoms. The number of allylic oxidation sites excluding steroid dienone is 6. The van der Waals surface area contributed by atoms with Gasteiger partial charge in [0.05, 0.1) is 33.9 Å². The molecule has 0 amide bonds. The first-order valence-electron chi connectivity index (χ1n) is 14.5. The molecular formula is C34H30Br2Cl2N2O6S2. The van der Waals surface area contributed by atoms with E-state index in [1.165, 1.54) is 26.0 Å². The van der Waals surface area contributed by atoms with Gasteiger partial charge in [-0.05, 0) is 120 Å². The average molecular weight is 857 g/mol. The Morgan fingerprint density at radius 3 is 1.27 bits per heavy atom. The molecule has 0 radical (unpaired) electrons. The number of rotatable bonds is 6. The van der Waals surface area contributed by atoms with E-state index in [9.17, 15) is 26.4 Å².